The molecule has 0 unspecified atom stereocenters. The molecule has 3 nitrogen and oxygen atoms in total. The highest BCUT2D eigenvalue weighted by Gasteiger charge is 2.22. The number of hydrogen-bond donors (Lipinski definition) is 0. The van der Waals surface area contributed by atoms with Crippen LogP contribution in [-0.2, 0) is 11.2 Å². The molecule has 1 heterocycles. The summed E-state index contributed by atoms with van der Waals surface area (Å²) < 4.78 is 0. The standard InChI is InChI=1S/C18H28N2O/c1-3-20(4-2)18(21)15-19-12-10-17(11-13-19)14-16-8-6-5-7-9-16/h5-9,17H,3-4,10-15H2,1-2H3. The number of nitrogens with zero attached hydrogens (tertiary/aromatic N) is 2. The first-order valence-corrected chi connectivity index (χ1v) is 8.27. The van der Waals surface area contributed by atoms with E-state index >= 15 is 0 Å². The minimum atomic E-state index is 0.279. The van der Waals surface area contributed by atoms with Crippen molar-refractivity contribution in [3.8, 4) is 0 Å². The van der Waals surface area contributed by atoms with Gasteiger partial charge in [-0.15, -0.1) is 0 Å². The lowest BCUT2D eigenvalue weighted by atomic mass is 9.90. The maximum absolute atomic E-state index is 12.1. The van der Waals surface area contributed by atoms with Crippen molar-refractivity contribution in [2.24, 2.45) is 5.92 Å². The summed E-state index contributed by atoms with van der Waals surface area (Å²) in [5.74, 6) is 1.05. The monoisotopic (exact) mass is 288 g/mol. The van der Waals surface area contributed by atoms with Crippen LogP contribution in [0.2, 0.25) is 0 Å². The van der Waals surface area contributed by atoms with Gasteiger partial charge < -0.3 is 4.90 Å². The number of benzene rings is 1. The molecule has 1 aromatic carbocycles. The Morgan fingerprint density at radius 3 is 2.33 bits per heavy atom. The number of amides is 1. The first kappa shape index (κ1) is 16.0. The third kappa shape index (κ3) is 4.85. The van der Waals surface area contributed by atoms with Crippen molar-refractivity contribution >= 4 is 5.91 Å². The Morgan fingerprint density at radius 1 is 1.14 bits per heavy atom. The maximum atomic E-state index is 12.1. The lowest BCUT2D eigenvalue weighted by Crippen LogP contribution is -2.43. The number of likely N-dealkylation sites (N-methyl/N-ethyl adjacent to an activating group) is 1. The fraction of sp³-hybridized carbons (Fsp3) is 0.611. The van der Waals surface area contributed by atoms with E-state index < -0.39 is 0 Å². The van der Waals surface area contributed by atoms with Gasteiger partial charge in [0.1, 0.15) is 0 Å². The van der Waals surface area contributed by atoms with Crippen LogP contribution >= 0.6 is 0 Å². The first-order chi connectivity index (χ1) is 10.2. The number of hydrogen-bond acceptors (Lipinski definition) is 2. The van der Waals surface area contributed by atoms with E-state index in [2.05, 4.69) is 35.2 Å². The van der Waals surface area contributed by atoms with Gasteiger partial charge in [0.2, 0.25) is 5.91 Å². The molecule has 2 rings (SSSR count). The Labute approximate surface area is 128 Å². The summed E-state index contributed by atoms with van der Waals surface area (Å²) in [5, 5.41) is 0. The average molecular weight is 288 g/mol. The van der Waals surface area contributed by atoms with Crippen molar-refractivity contribution < 1.29 is 4.79 Å². The third-order valence-electron chi connectivity index (χ3n) is 4.55. The Kier molecular flexibility index (Phi) is 6.24. The van der Waals surface area contributed by atoms with Gasteiger partial charge in [-0.1, -0.05) is 30.3 Å². The Morgan fingerprint density at radius 2 is 1.76 bits per heavy atom. The zero-order valence-electron chi connectivity index (χ0n) is 13.4. The number of piperidine rings is 1. The van der Waals surface area contributed by atoms with Crippen molar-refractivity contribution in [3.05, 3.63) is 35.9 Å². The molecule has 1 fully saturated rings. The van der Waals surface area contributed by atoms with Gasteiger partial charge in [0.15, 0.2) is 0 Å². The molecule has 0 bridgehead atoms. The van der Waals surface area contributed by atoms with Crippen LogP contribution in [0.1, 0.15) is 32.3 Å². The highest BCUT2D eigenvalue weighted by molar-refractivity contribution is 5.78. The van der Waals surface area contributed by atoms with Crippen LogP contribution in [0, 0.1) is 5.92 Å². The molecule has 0 aromatic heterocycles. The smallest absolute Gasteiger partial charge is 0.236 e. The average Bonchev–Trinajstić information content (AvgIpc) is 2.51. The summed E-state index contributed by atoms with van der Waals surface area (Å²) in [5.41, 5.74) is 1.44. The molecule has 1 saturated heterocycles. The summed E-state index contributed by atoms with van der Waals surface area (Å²) in [4.78, 5) is 16.4. The predicted octanol–water partition coefficient (Wildman–Crippen LogP) is 2.81. The van der Waals surface area contributed by atoms with Gasteiger partial charge >= 0.3 is 0 Å². The van der Waals surface area contributed by atoms with Gasteiger partial charge in [-0.25, -0.2) is 0 Å². The van der Waals surface area contributed by atoms with E-state index in [-0.39, 0.29) is 5.91 Å². The van der Waals surface area contributed by atoms with Crippen LogP contribution in [0.25, 0.3) is 0 Å². The SMILES string of the molecule is CCN(CC)C(=O)CN1CCC(Cc2ccccc2)CC1. The fourth-order valence-electron chi connectivity index (χ4n) is 3.16. The van der Waals surface area contributed by atoms with Crippen molar-refractivity contribution in [2.75, 3.05) is 32.7 Å². The van der Waals surface area contributed by atoms with Crippen LogP contribution in [0.3, 0.4) is 0 Å². The second-order valence-corrected chi connectivity index (χ2v) is 5.98. The van der Waals surface area contributed by atoms with Gasteiger partial charge in [0, 0.05) is 13.1 Å². The Bertz CT molecular complexity index is 420. The van der Waals surface area contributed by atoms with Crippen LogP contribution in [-0.4, -0.2) is 48.4 Å². The van der Waals surface area contributed by atoms with Crippen LogP contribution in [0.15, 0.2) is 30.3 Å². The Hall–Kier alpha value is -1.35. The summed E-state index contributed by atoms with van der Waals surface area (Å²) >= 11 is 0. The molecule has 1 aliphatic heterocycles. The number of carbonyl (C=O) groups excluding carboxylic acids is 1. The molecule has 0 spiro atoms. The second kappa shape index (κ2) is 8.18. The molecular formula is C18H28N2O. The lowest BCUT2D eigenvalue weighted by molar-refractivity contribution is -0.132. The summed E-state index contributed by atoms with van der Waals surface area (Å²) in [6.07, 6.45) is 3.60. The normalized spacial score (nSPS) is 16.9. The second-order valence-electron chi connectivity index (χ2n) is 5.98. The molecule has 1 aliphatic rings. The zero-order valence-corrected chi connectivity index (χ0v) is 13.4. The minimum absolute atomic E-state index is 0.279. The van der Waals surface area contributed by atoms with Crippen LogP contribution in [0.5, 0.6) is 0 Å². The fourth-order valence-corrected chi connectivity index (χ4v) is 3.16. The topological polar surface area (TPSA) is 23.6 Å². The molecule has 0 N–H and O–H groups in total. The van der Waals surface area contributed by atoms with Crippen molar-refractivity contribution in [2.45, 2.75) is 33.1 Å². The zero-order chi connectivity index (χ0) is 15.1. The number of carbonyl (C=O) groups is 1. The third-order valence-corrected chi connectivity index (χ3v) is 4.55. The van der Waals surface area contributed by atoms with E-state index in [4.69, 9.17) is 0 Å². The van der Waals surface area contributed by atoms with E-state index in [9.17, 15) is 4.79 Å². The molecule has 0 atom stereocenters. The van der Waals surface area contributed by atoms with E-state index in [1.807, 2.05) is 18.7 Å². The predicted molar refractivity (Wildman–Crippen MR) is 87.2 cm³/mol. The number of rotatable bonds is 6. The van der Waals surface area contributed by atoms with Gasteiger partial charge in [0.25, 0.3) is 0 Å². The molecule has 0 saturated carbocycles. The maximum Gasteiger partial charge on any atom is 0.236 e. The molecular weight excluding hydrogens is 260 g/mol. The molecule has 116 valence electrons. The van der Waals surface area contributed by atoms with Gasteiger partial charge in [-0.05, 0) is 57.7 Å². The van der Waals surface area contributed by atoms with Gasteiger partial charge in [-0.2, -0.15) is 0 Å². The first-order valence-electron chi connectivity index (χ1n) is 8.27. The van der Waals surface area contributed by atoms with Gasteiger partial charge in [-0.3, -0.25) is 9.69 Å². The minimum Gasteiger partial charge on any atom is -0.342 e. The molecule has 21 heavy (non-hydrogen) atoms. The molecule has 1 aromatic rings. The van der Waals surface area contributed by atoms with Gasteiger partial charge in [0.05, 0.1) is 6.54 Å². The lowest BCUT2D eigenvalue weighted by Gasteiger charge is -2.32. The van der Waals surface area contributed by atoms with Crippen LogP contribution < -0.4 is 0 Å². The van der Waals surface area contributed by atoms with E-state index in [0.29, 0.717) is 6.54 Å². The molecule has 0 radical (unpaired) electrons. The van der Waals surface area contributed by atoms with Crippen molar-refractivity contribution in [3.63, 3.8) is 0 Å². The largest absolute Gasteiger partial charge is 0.342 e. The van der Waals surface area contributed by atoms with Crippen molar-refractivity contribution in [1.29, 1.82) is 0 Å². The highest BCUT2D eigenvalue weighted by atomic mass is 16.2. The summed E-state index contributed by atoms with van der Waals surface area (Å²) in [7, 11) is 0. The summed E-state index contributed by atoms with van der Waals surface area (Å²) in [6, 6.07) is 10.7. The van der Waals surface area contributed by atoms with E-state index in [1.54, 1.807) is 0 Å². The quantitative estimate of drug-likeness (QED) is 0.803. The van der Waals surface area contributed by atoms with E-state index in [0.717, 1.165) is 32.1 Å². The molecule has 1 amide bonds. The molecule has 0 aliphatic carbocycles. The highest BCUT2D eigenvalue weighted by Crippen LogP contribution is 2.21. The Balaban J connectivity index is 1.74. The molecule has 3 heteroatoms. The van der Waals surface area contributed by atoms with Crippen LogP contribution in [0.4, 0.5) is 0 Å². The summed E-state index contributed by atoms with van der Waals surface area (Å²) in [6.45, 7) is 8.45. The number of likely N-dealkylation sites (tertiary alicyclic amines) is 1. The van der Waals surface area contributed by atoms with E-state index in [1.165, 1.54) is 24.8 Å². The van der Waals surface area contributed by atoms with Crippen molar-refractivity contribution in [1.82, 2.24) is 9.80 Å².